The quantitative estimate of drug-likeness (QED) is 0.894. The fraction of sp³-hybridized carbons (Fsp3) is 0.462. The highest BCUT2D eigenvalue weighted by molar-refractivity contribution is 6.30. The van der Waals surface area contributed by atoms with E-state index in [4.69, 9.17) is 11.6 Å². The number of halogens is 1. The van der Waals surface area contributed by atoms with Crippen LogP contribution in [0.5, 0.6) is 0 Å². The molecule has 0 aromatic heterocycles. The molecule has 1 aliphatic heterocycles. The Bertz CT molecular complexity index is 436. The Labute approximate surface area is 113 Å². The number of rotatable bonds is 4. The molecule has 1 N–H and O–H groups in total. The molecule has 1 amide bonds. The summed E-state index contributed by atoms with van der Waals surface area (Å²) in [6.07, 6.45) is -0.0591. The molecule has 1 unspecified atom stereocenters. The van der Waals surface area contributed by atoms with Gasteiger partial charge in [-0.15, -0.1) is 0 Å². The van der Waals surface area contributed by atoms with Crippen LogP contribution in [-0.2, 0) is 4.79 Å². The molecule has 1 aliphatic rings. The molecule has 98 valence electrons. The summed E-state index contributed by atoms with van der Waals surface area (Å²) < 4.78 is 0. The zero-order chi connectivity index (χ0) is 13.1. The molecule has 1 aromatic rings. The normalized spacial score (nSPS) is 19.9. The summed E-state index contributed by atoms with van der Waals surface area (Å²) in [6.45, 7) is 1.96. The van der Waals surface area contributed by atoms with E-state index in [9.17, 15) is 4.79 Å². The number of hydrogen-bond acceptors (Lipinski definition) is 3. The Morgan fingerprint density at radius 3 is 2.94 bits per heavy atom. The van der Waals surface area contributed by atoms with Gasteiger partial charge in [-0.3, -0.25) is 10.1 Å². The van der Waals surface area contributed by atoms with Crippen molar-refractivity contribution in [2.75, 3.05) is 33.7 Å². The van der Waals surface area contributed by atoms with Crippen molar-refractivity contribution < 1.29 is 4.79 Å². The van der Waals surface area contributed by atoms with Gasteiger partial charge in [0, 0.05) is 18.1 Å². The summed E-state index contributed by atoms with van der Waals surface area (Å²) in [5.41, 5.74) is 1.03. The Balaban J connectivity index is 2.13. The third-order valence-electron chi connectivity index (χ3n) is 3.03. The molecular weight excluding hydrogens is 250 g/mol. The predicted octanol–water partition coefficient (Wildman–Crippen LogP) is 1.33. The van der Waals surface area contributed by atoms with E-state index in [0.29, 0.717) is 11.6 Å². The molecule has 1 heterocycles. The molecule has 1 saturated heterocycles. The van der Waals surface area contributed by atoms with Crippen molar-refractivity contribution in [1.82, 2.24) is 15.1 Å². The van der Waals surface area contributed by atoms with Crippen molar-refractivity contribution in [1.29, 1.82) is 0 Å². The van der Waals surface area contributed by atoms with Crippen molar-refractivity contribution in [3.05, 3.63) is 34.9 Å². The lowest BCUT2D eigenvalue weighted by molar-refractivity contribution is -0.128. The summed E-state index contributed by atoms with van der Waals surface area (Å²) in [5, 5.41) is 3.92. The first-order chi connectivity index (χ1) is 8.58. The highest BCUT2D eigenvalue weighted by Gasteiger charge is 2.31. The fourth-order valence-electron chi connectivity index (χ4n) is 2.08. The number of likely N-dealkylation sites (N-methyl/N-ethyl adjacent to an activating group) is 1. The molecule has 5 heteroatoms. The minimum atomic E-state index is -0.0591. The number of carbonyl (C=O) groups is 1. The number of nitrogens with one attached hydrogen (secondary N) is 1. The second kappa shape index (κ2) is 5.69. The first-order valence-electron chi connectivity index (χ1n) is 6.01. The first-order valence-corrected chi connectivity index (χ1v) is 6.39. The lowest BCUT2D eigenvalue weighted by atomic mass is 10.1. The molecule has 18 heavy (non-hydrogen) atoms. The average Bonchev–Trinajstić information content (AvgIpc) is 2.68. The Hall–Kier alpha value is -1.10. The van der Waals surface area contributed by atoms with Gasteiger partial charge in [-0.25, -0.2) is 0 Å². The van der Waals surface area contributed by atoms with E-state index < -0.39 is 0 Å². The number of amides is 1. The summed E-state index contributed by atoms with van der Waals surface area (Å²) in [7, 11) is 4.00. The monoisotopic (exact) mass is 267 g/mol. The van der Waals surface area contributed by atoms with Gasteiger partial charge in [-0.05, 0) is 31.8 Å². The number of hydrogen-bond donors (Lipinski definition) is 1. The molecule has 2 rings (SSSR count). The molecule has 1 fully saturated rings. The second-order valence-electron chi connectivity index (χ2n) is 4.73. The highest BCUT2D eigenvalue weighted by Crippen LogP contribution is 2.24. The van der Waals surface area contributed by atoms with E-state index in [1.54, 1.807) is 0 Å². The second-order valence-corrected chi connectivity index (χ2v) is 5.17. The van der Waals surface area contributed by atoms with Gasteiger partial charge >= 0.3 is 0 Å². The number of benzene rings is 1. The van der Waals surface area contributed by atoms with E-state index in [0.717, 1.165) is 18.7 Å². The van der Waals surface area contributed by atoms with E-state index >= 15 is 0 Å². The average molecular weight is 268 g/mol. The van der Waals surface area contributed by atoms with Crippen molar-refractivity contribution >= 4 is 17.5 Å². The molecule has 1 atom stereocenters. The van der Waals surface area contributed by atoms with Crippen LogP contribution in [0.4, 0.5) is 0 Å². The first kappa shape index (κ1) is 13.3. The Morgan fingerprint density at radius 1 is 1.50 bits per heavy atom. The van der Waals surface area contributed by atoms with Gasteiger partial charge in [0.25, 0.3) is 0 Å². The van der Waals surface area contributed by atoms with Crippen molar-refractivity contribution in [2.45, 2.75) is 6.17 Å². The van der Waals surface area contributed by atoms with Crippen LogP contribution < -0.4 is 5.32 Å². The summed E-state index contributed by atoms with van der Waals surface area (Å²) >= 11 is 6.00. The van der Waals surface area contributed by atoms with Crippen LogP contribution in [0, 0.1) is 0 Å². The maximum atomic E-state index is 11.9. The highest BCUT2D eigenvalue weighted by atomic mass is 35.5. The fourth-order valence-corrected chi connectivity index (χ4v) is 2.27. The molecule has 1 aromatic carbocycles. The minimum Gasteiger partial charge on any atom is -0.321 e. The lowest BCUT2D eigenvalue weighted by Gasteiger charge is -2.26. The van der Waals surface area contributed by atoms with Crippen LogP contribution in [0.2, 0.25) is 5.02 Å². The molecule has 0 aliphatic carbocycles. The van der Waals surface area contributed by atoms with Crippen molar-refractivity contribution in [3.8, 4) is 0 Å². The largest absolute Gasteiger partial charge is 0.321 e. The maximum Gasteiger partial charge on any atom is 0.238 e. The minimum absolute atomic E-state index is 0.0591. The maximum absolute atomic E-state index is 11.9. The summed E-state index contributed by atoms with van der Waals surface area (Å²) in [6, 6.07) is 7.64. The van der Waals surface area contributed by atoms with Crippen LogP contribution in [-0.4, -0.2) is 49.4 Å². The molecule has 0 saturated carbocycles. The molecule has 4 nitrogen and oxygen atoms in total. The van der Waals surface area contributed by atoms with Gasteiger partial charge in [0.15, 0.2) is 0 Å². The molecule has 0 bridgehead atoms. The van der Waals surface area contributed by atoms with Crippen LogP contribution in [0.3, 0.4) is 0 Å². The van der Waals surface area contributed by atoms with Crippen molar-refractivity contribution in [2.24, 2.45) is 0 Å². The van der Waals surface area contributed by atoms with E-state index in [1.807, 2.05) is 43.3 Å². The van der Waals surface area contributed by atoms with Gasteiger partial charge in [0.2, 0.25) is 5.91 Å². The molecular formula is C13H18ClN3O. The smallest absolute Gasteiger partial charge is 0.238 e. The van der Waals surface area contributed by atoms with E-state index in [-0.39, 0.29) is 12.1 Å². The van der Waals surface area contributed by atoms with Gasteiger partial charge in [-0.1, -0.05) is 23.7 Å². The zero-order valence-corrected chi connectivity index (χ0v) is 11.4. The van der Waals surface area contributed by atoms with Crippen LogP contribution in [0.15, 0.2) is 24.3 Å². The third-order valence-corrected chi connectivity index (χ3v) is 3.27. The Morgan fingerprint density at radius 2 is 2.28 bits per heavy atom. The van der Waals surface area contributed by atoms with E-state index in [1.165, 1.54) is 0 Å². The van der Waals surface area contributed by atoms with Crippen LogP contribution in [0.1, 0.15) is 11.7 Å². The van der Waals surface area contributed by atoms with Gasteiger partial charge in [0.1, 0.15) is 6.17 Å². The lowest BCUT2D eigenvalue weighted by Crippen LogP contribution is -2.36. The van der Waals surface area contributed by atoms with Gasteiger partial charge in [-0.2, -0.15) is 0 Å². The Kier molecular flexibility index (Phi) is 4.22. The number of carbonyl (C=O) groups excluding carboxylic acids is 1. The van der Waals surface area contributed by atoms with Crippen LogP contribution >= 0.6 is 11.6 Å². The third kappa shape index (κ3) is 3.02. The summed E-state index contributed by atoms with van der Waals surface area (Å²) in [5.74, 6) is 0.141. The van der Waals surface area contributed by atoms with E-state index in [2.05, 4.69) is 10.2 Å². The topological polar surface area (TPSA) is 35.6 Å². The van der Waals surface area contributed by atoms with Gasteiger partial charge in [0.05, 0.1) is 6.54 Å². The predicted molar refractivity (Wildman–Crippen MR) is 72.5 cm³/mol. The zero-order valence-electron chi connectivity index (χ0n) is 10.7. The standard InChI is InChI=1S/C13H18ClN3O/c1-16(2)6-7-17-12(18)9-15-13(17)10-4-3-5-11(14)8-10/h3-5,8,13,15H,6-7,9H2,1-2H3. The van der Waals surface area contributed by atoms with Crippen molar-refractivity contribution in [3.63, 3.8) is 0 Å². The molecule has 0 spiro atoms. The molecule has 0 radical (unpaired) electrons. The number of nitrogens with zero attached hydrogens (tertiary/aromatic N) is 2. The summed E-state index contributed by atoms with van der Waals surface area (Å²) in [4.78, 5) is 15.8. The van der Waals surface area contributed by atoms with Gasteiger partial charge < -0.3 is 9.80 Å². The van der Waals surface area contributed by atoms with Crippen LogP contribution in [0.25, 0.3) is 0 Å². The SMILES string of the molecule is CN(C)CCN1C(=O)CNC1c1cccc(Cl)c1.